The van der Waals surface area contributed by atoms with E-state index in [0.717, 1.165) is 54.4 Å². The van der Waals surface area contributed by atoms with Crippen molar-refractivity contribution in [1.29, 1.82) is 0 Å². The molecule has 1 aliphatic heterocycles. The Kier molecular flexibility index (Phi) is 6.10. The van der Waals surface area contributed by atoms with Gasteiger partial charge in [-0.1, -0.05) is 42.5 Å². The van der Waals surface area contributed by atoms with Gasteiger partial charge in [0.25, 0.3) is 0 Å². The molecule has 1 aromatic heterocycles. The number of benzene rings is 3. The van der Waals surface area contributed by atoms with Crippen molar-refractivity contribution >= 4 is 16.8 Å². The number of carbonyl (C=O) groups is 1. The SMILES string of the molecule is CN(C)[C@]1(c2cccc(F)c2)CC[C@]2(CC1)c1[nH]c3ccccc3c1CCN2C(=O)Cc1ccc(F)cc1. The number of nitrogens with one attached hydrogen (secondary N) is 1. The van der Waals surface area contributed by atoms with Crippen LogP contribution in [0.1, 0.15) is 48.1 Å². The Labute approximate surface area is 222 Å². The maximum absolute atomic E-state index is 14.3. The third kappa shape index (κ3) is 3.93. The van der Waals surface area contributed by atoms with Gasteiger partial charge in [0.05, 0.1) is 12.0 Å². The Morgan fingerprint density at radius 1 is 0.921 bits per heavy atom. The van der Waals surface area contributed by atoms with Crippen LogP contribution in [0.15, 0.2) is 72.8 Å². The quantitative estimate of drug-likeness (QED) is 0.348. The molecule has 1 saturated carbocycles. The standard InChI is InChI=1S/C32H33F2N3O/c1-36(2)31(23-6-5-7-25(34)21-23)15-17-32(18-16-31)30-27(26-8-3-4-9-28(26)35-30)14-19-37(32)29(38)20-22-10-12-24(33)13-11-22/h3-13,21,35H,14-20H2,1-2H3/t31-,32+. The average Bonchev–Trinajstić information content (AvgIpc) is 3.30. The van der Waals surface area contributed by atoms with Gasteiger partial charge in [-0.05, 0) is 93.2 Å². The zero-order valence-corrected chi connectivity index (χ0v) is 21.9. The molecular formula is C32H33F2N3O. The molecule has 2 aliphatic rings. The zero-order chi connectivity index (χ0) is 26.5. The fraction of sp³-hybridized carbons (Fsp3) is 0.344. The fourth-order valence-corrected chi connectivity index (χ4v) is 7.03. The molecule has 4 aromatic rings. The van der Waals surface area contributed by atoms with Crippen LogP contribution in [0.25, 0.3) is 10.9 Å². The summed E-state index contributed by atoms with van der Waals surface area (Å²) in [6.45, 7) is 0.643. The van der Waals surface area contributed by atoms with Crippen LogP contribution in [0, 0.1) is 11.6 Å². The topological polar surface area (TPSA) is 39.3 Å². The maximum Gasteiger partial charge on any atom is 0.227 e. The Morgan fingerprint density at radius 2 is 1.66 bits per heavy atom. The monoisotopic (exact) mass is 513 g/mol. The Balaban J connectivity index is 1.41. The number of carbonyl (C=O) groups excluding carboxylic acids is 1. The first kappa shape index (κ1) is 24.8. The molecule has 0 bridgehead atoms. The fourth-order valence-electron chi connectivity index (χ4n) is 7.03. The number of aromatic amines is 1. The van der Waals surface area contributed by atoms with Crippen molar-refractivity contribution in [2.45, 2.75) is 49.6 Å². The molecule has 1 fully saturated rings. The second kappa shape index (κ2) is 9.35. The van der Waals surface area contributed by atoms with Gasteiger partial charge in [0, 0.05) is 28.7 Å². The van der Waals surface area contributed by atoms with E-state index in [2.05, 4.69) is 47.1 Å². The summed E-state index contributed by atoms with van der Waals surface area (Å²) >= 11 is 0. The summed E-state index contributed by atoms with van der Waals surface area (Å²) in [5, 5.41) is 1.22. The molecule has 196 valence electrons. The molecule has 0 atom stereocenters. The normalized spacial score (nSPS) is 23.2. The first-order valence-electron chi connectivity index (χ1n) is 13.4. The number of amides is 1. The number of H-pyrrole nitrogens is 1. The van der Waals surface area contributed by atoms with Crippen molar-refractivity contribution in [3.8, 4) is 0 Å². The zero-order valence-electron chi connectivity index (χ0n) is 21.9. The maximum atomic E-state index is 14.3. The number of aromatic nitrogens is 1. The molecule has 38 heavy (non-hydrogen) atoms. The summed E-state index contributed by atoms with van der Waals surface area (Å²) in [5.74, 6) is -0.470. The van der Waals surface area contributed by atoms with Crippen LogP contribution in [0.5, 0.6) is 0 Å². The van der Waals surface area contributed by atoms with Gasteiger partial charge in [0.2, 0.25) is 5.91 Å². The van der Waals surface area contributed by atoms with Crippen molar-refractivity contribution in [2.75, 3.05) is 20.6 Å². The molecule has 1 spiro atoms. The minimum absolute atomic E-state index is 0.0593. The lowest BCUT2D eigenvalue weighted by atomic mass is 9.65. The van der Waals surface area contributed by atoms with Crippen LogP contribution >= 0.6 is 0 Å². The van der Waals surface area contributed by atoms with Gasteiger partial charge in [0.1, 0.15) is 11.6 Å². The van der Waals surface area contributed by atoms with Gasteiger partial charge >= 0.3 is 0 Å². The lowest BCUT2D eigenvalue weighted by Crippen LogP contribution is -2.58. The molecule has 6 heteroatoms. The van der Waals surface area contributed by atoms with Crippen LogP contribution in [0.3, 0.4) is 0 Å². The van der Waals surface area contributed by atoms with Gasteiger partial charge in [-0.25, -0.2) is 8.78 Å². The first-order chi connectivity index (χ1) is 18.3. The minimum atomic E-state index is -0.476. The van der Waals surface area contributed by atoms with Gasteiger partial charge in [-0.2, -0.15) is 0 Å². The van der Waals surface area contributed by atoms with E-state index < -0.39 is 5.54 Å². The molecule has 0 saturated heterocycles. The van der Waals surface area contributed by atoms with Gasteiger partial charge in [-0.15, -0.1) is 0 Å². The summed E-state index contributed by atoms with van der Waals surface area (Å²) in [6, 6.07) is 21.5. The number of hydrogen-bond acceptors (Lipinski definition) is 2. The van der Waals surface area contributed by atoms with Gasteiger partial charge < -0.3 is 9.88 Å². The van der Waals surface area contributed by atoms with Gasteiger partial charge in [-0.3, -0.25) is 9.69 Å². The van der Waals surface area contributed by atoms with E-state index in [9.17, 15) is 13.6 Å². The van der Waals surface area contributed by atoms with Crippen LogP contribution < -0.4 is 0 Å². The highest BCUT2D eigenvalue weighted by atomic mass is 19.1. The highest BCUT2D eigenvalue weighted by Crippen LogP contribution is 2.53. The highest BCUT2D eigenvalue weighted by Gasteiger charge is 2.52. The summed E-state index contributed by atoms with van der Waals surface area (Å²) in [6.07, 6.45) is 4.13. The Morgan fingerprint density at radius 3 is 2.37 bits per heavy atom. The molecule has 4 nitrogen and oxygen atoms in total. The molecule has 1 aliphatic carbocycles. The minimum Gasteiger partial charge on any atom is -0.356 e. The second-order valence-corrected chi connectivity index (χ2v) is 11.1. The van der Waals surface area contributed by atoms with Crippen molar-refractivity contribution in [3.05, 3.63) is 107 Å². The van der Waals surface area contributed by atoms with Crippen LogP contribution in [-0.4, -0.2) is 41.3 Å². The summed E-state index contributed by atoms with van der Waals surface area (Å²) in [7, 11) is 4.13. The number of halogens is 2. The molecule has 1 amide bonds. The molecule has 6 rings (SSSR count). The smallest absolute Gasteiger partial charge is 0.227 e. The third-order valence-electron chi connectivity index (χ3n) is 9.07. The number of rotatable bonds is 4. The van der Waals surface area contributed by atoms with Crippen LogP contribution in [-0.2, 0) is 28.7 Å². The van der Waals surface area contributed by atoms with E-state index in [-0.39, 0.29) is 29.5 Å². The van der Waals surface area contributed by atoms with Crippen LogP contribution in [0.4, 0.5) is 8.78 Å². The predicted molar refractivity (Wildman–Crippen MR) is 146 cm³/mol. The van der Waals surface area contributed by atoms with E-state index >= 15 is 0 Å². The van der Waals surface area contributed by atoms with Crippen molar-refractivity contribution in [2.24, 2.45) is 0 Å². The lowest BCUT2D eigenvalue weighted by Gasteiger charge is -2.55. The summed E-state index contributed by atoms with van der Waals surface area (Å²) in [4.78, 5) is 21.9. The highest BCUT2D eigenvalue weighted by molar-refractivity contribution is 5.87. The molecule has 2 heterocycles. The van der Waals surface area contributed by atoms with Crippen molar-refractivity contribution in [3.63, 3.8) is 0 Å². The third-order valence-corrected chi connectivity index (χ3v) is 9.07. The molecule has 0 unspecified atom stereocenters. The Bertz CT molecular complexity index is 1480. The van der Waals surface area contributed by atoms with Gasteiger partial charge in [0.15, 0.2) is 0 Å². The van der Waals surface area contributed by atoms with Crippen molar-refractivity contribution in [1.82, 2.24) is 14.8 Å². The largest absolute Gasteiger partial charge is 0.356 e. The van der Waals surface area contributed by atoms with Crippen molar-refractivity contribution < 1.29 is 13.6 Å². The van der Waals surface area contributed by atoms with E-state index in [0.29, 0.717) is 6.54 Å². The Hall–Kier alpha value is -3.51. The number of para-hydroxylation sites is 1. The lowest BCUT2D eigenvalue weighted by molar-refractivity contribution is -0.142. The van der Waals surface area contributed by atoms with E-state index in [4.69, 9.17) is 0 Å². The first-order valence-corrected chi connectivity index (χ1v) is 13.4. The second-order valence-electron chi connectivity index (χ2n) is 11.1. The molecule has 3 aromatic carbocycles. The van der Waals surface area contributed by atoms with Crippen LogP contribution in [0.2, 0.25) is 0 Å². The molecule has 1 N–H and O–H groups in total. The molecule has 0 radical (unpaired) electrons. The van der Waals surface area contributed by atoms with E-state index in [1.165, 1.54) is 29.1 Å². The number of fused-ring (bicyclic) bond motifs is 4. The summed E-state index contributed by atoms with van der Waals surface area (Å²) in [5.41, 5.74) is 4.54. The van der Waals surface area contributed by atoms with E-state index in [1.807, 2.05) is 12.1 Å². The molecular weight excluding hydrogens is 480 g/mol. The average molecular weight is 514 g/mol. The number of nitrogens with zero attached hydrogens (tertiary/aromatic N) is 2. The number of hydrogen-bond donors (Lipinski definition) is 1. The van der Waals surface area contributed by atoms with E-state index in [1.54, 1.807) is 24.3 Å². The predicted octanol–water partition coefficient (Wildman–Crippen LogP) is 6.30. The summed E-state index contributed by atoms with van der Waals surface area (Å²) < 4.78 is 27.8.